The average Bonchev–Trinajstić information content (AvgIpc) is 1.87. The molecule has 0 amide bonds. The first kappa shape index (κ1) is 8.53. The Bertz CT molecular complexity index is 149. The van der Waals surface area contributed by atoms with Crippen molar-refractivity contribution in [1.29, 1.82) is 0 Å². The van der Waals surface area contributed by atoms with Gasteiger partial charge < -0.3 is 10.3 Å². The molecule has 0 unspecified atom stereocenters. The highest BCUT2D eigenvalue weighted by Crippen LogP contribution is 2.01. The van der Waals surface area contributed by atoms with E-state index in [-0.39, 0.29) is 5.96 Å². The summed E-state index contributed by atoms with van der Waals surface area (Å²) in [6.07, 6.45) is 0. The van der Waals surface area contributed by atoms with Crippen molar-refractivity contribution < 1.29 is 9.13 Å². The second-order valence-electron chi connectivity index (χ2n) is 0.966. The van der Waals surface area contributed by atoms with E-state index in [0.717, 1.165) is 0 Å². The normalized spacial score (nSPS) is 12.2. The highest BCUT2D eigenvalue weighted by Gasteiger charge is 1.97. The molecular formula is CH2BN3O2P2. The van der Waals surface area contributed by atoms with Gasteiger partial charge in [-0.25, -0.2) is 9.13 Å². The highest BCUT2D eigenvalue weighted by atomic mass is 31.1. The van der Waals surface area contributed by atoms with Gasteiger partial charge in [0.25, 0.3) is 8.61 Å². The van der Waals surface area contributed by atoms with Gasteiger partial charge in [-0.2, -0.15) is 4.76 Å². The summed E-state index contributed by atoms with van der Waals surface area (Å²) in [6, 6.07) is 0. The van der Waals surface area contributed by atoms with Gasteiger partial charge in [-0.05, 0) is 0 Å². The van der Waals surface area contributed by atoms with Crippen molar-refractivity contribution in [3.63, 3.8) is 0 Å². The maximum absolute atomic E-state index is 9.85. The van der Waals surface area contributed by atoms with Gasteiger partial charge in [-0.1, -0.05) is 0 Å². The summed E-state index contributed by atoms with van der Waals surface area (Å²) in [5.74, 6) is -0.247. The second kappa shape index (κ2) is 4.42. The van der Waals surface area contributed by atoms with E-state index >= 15 is 0 Å². The van der Waals surface area contributed by atoms with E-state index in [9.17, 15) is 9.13 Å². The Morgan fingerprint density at radius 2 is 2.22 bits per heavy atom. The van der Waals surface area contributed by atoms with Crippen molar-refractivity contribution in [2.75, 3.05) is 0 Å². The molecule has 0 heterocycles. The second-order valence-corrected chi connectivity index (χ2v) is 1.92. The molecule has 0 saturated carbocycles. The van der Waals surface area contributed by atoms with Crippen LogP contribution in [-0.2, 0) is 9.13 Å². The molecule has 0 bridgehead atoms. The van der Waals surface area contributed by atoms with E-state index in [2.05, 4.69) is 4.76 Å². The van der Waals surface area contributed by atoms with E-state index in [1.807, 2.05) is 0 Å². The van der Waals surface area contributed by atoms with Gasteiger partial charge in [0, 0.05) is 0 Å². The van der Waals surface area contributed by atoms with E-state index in [0.29, 0.717) is 4.58 Å². The Morgan fingerprint density at radius 1 is 1.67 bits per heavy atom. The molecule has 0 aliphatic rings. The number of hydrogen-bond donors (Lipinski definition) is 1. The lowest BCUT2D eigenvalue weighted by Gasteiger charge is -2.03. The molecule has 0 rings (SSSR count). The molecule has 2 N–H and O–H groups in total. The van der Waals surface area contributed by atoms with Crippen molar-refractivity contribution in [1.82, 2.24) is 4.58 Å². The Morgan fingerprint density at radius 3 is 2.56 bits per heavy atom. The van der Waals surface area contributed by atoms with Crippen molar-refractivity contribution in [2.24, 2.45) is 10.5 Å². The minimum absolute atomic E-state index is 0.247. The van der Waals surface area contributed by atoms with Crippen LogP contribution in [0.2, 0.25) is 0 Å². The van der Waals surface area contributed by atoms with Crippen LogP contribution in [0.25, 0.3) is 0 Å². The Labute approximate surface area is 56.3 Å². The van der Waals surface area contributed by atoms with Gasteiger partial charge in [0.1, 0.15) is 0 Å². The minimum atomic E-state index is -0.508. The SMILES string of the molecule is [B]N(P=O)C(N)=NP=O. The zero-order valence-corrected chi connectivity index (χ0v) is 6.05. The van der Waals surface area contributed by atoms with Gasteiger partial charge in [0.05, 0.1) is 0 Å². The molecule has 46 valence electrons. The number of rotatable bonds is 2. The first-order valence-corrected chi connectivity index (χ1v) is 3.29. The Kier molecular flexibility index (Phi) is 4.19. The fourth-order valence-corrected chi connectivity index (χ4v) is 0.508. The smallest absolute Gasteiger partial charge is 0.306 e. The number of guanidine groups is 1. The molecule has 0 saturated heterocycles. The minimum Gasteiger partial charge on any atom is -0.370 e. The molecule has 0 spiro atoms. The van der Waals surface area contributed by atoms with Crippen LogP contribution < -0.4 is 5.73 Å². The van der Waals surface area contributed by atoms with Crippen molar-refractivity contribution in [3.05, 3.63) is 0 Å². The zero-order chi connectivity index (χ0) is 7.28. The first-order valence-electron chi connectivity index (χ1n) is 1.76. The lowest BCUT2D eigenvalue weighted by Crippen LogP contribution is -2.26. The molecule has 9 heavy (non-hydrogen) atoms. The van der Waals surface area contributed by atoms with Crippen molar-refractivity contribution in [2.45, 2.75) is 0 Å². The largest absolute Gasteiger partial charge is 0.370 e. The maximum Gasteiger partial charge on any atom is 0.306 e. The van der Waals surface area contributed by atoms with Gasteiger partial charge in [0.15, 0.2) is 5.96 Å². The lowest BCUT2D eigenvalue weighted by atomic mass is 10.4. The van der Waals surface area contributed by atoms with E-state index < -0.39 is 17.2 Å². The summed E-state index contributed by atoms with van der Waals surface area (Å²) in [6.45, 7) is 0. The first-order chi connectivity index (χ1) is 4.22. The molecule has 0 aliphatic carbocycles. The van der Waals surface area contributed by atoms with Crippen molar-refractivity contribution >= 4 is 31.2 Å². The number of nitrogens with two attached hydrogens (primary N) is 1. The third kappa shape index (κ3) is 3.17. The van der Waals surface area contributed by atoms with Gasteiger partial charge in [-0.15, -0.1) is 0 Å². The van der Waals surface area contributed by atoms with Gasteiger partial charge >= 0.3 is 8.61 Å². The van der Waals surface area contributed by atoms with Crippen LogP contribution in [-0.4, -0.2) is 18.5 Å². The predicted molar refractivity (Wildman–Crippen MR) is 34.4 cm³/mol. The standard InChI is InChI=1S/CH2BN3O2P2/c2-5(9-7)1(3)4-8-6/h(H2,3,4,6). The Hall–Kier alpha value is -0.465. The lowest BCUT2D eigenvalue weighted by molar-refractivity contribution is 0.587. The van der Waals surface area contributed by atoms with Crippen LogP contribution in [0, 0.1) is 0 Å². The molecule has 0 aromatic rings. The number of hydrogen-bond acceptors (Lipinski definition) is 2. The summed E-state index contributed by atoms with van der Waals surface area (Å²) in [7, 11) is 3.91. The maximum atomic E-state index is 9.85. The average molecular weight is 161 g/mol. The van der Waals surface area contributed by atoms with E-state index in [1.54, 1.807) is 0 Å². The van der Waals surface area contributed by atoms with Crippen LogP contribution in [0.3, 0.4) is 0 Å². The predicted octanol–water partition coefficient (Wildman–Crippen LogP) is 0.100. The molecule has 0 aliphatic heterocycles. The van der Waals surface area contributed by atoms with Crippen molar-refractivity contribution in [3.8, 4) is 0 Å². The monoisotopic (exact) mass is 161 g/mol. The van der Waals surface area contributed by atoms with E-state index in [4.69, 9.17) is 13.7 Å². The van der Waals surface area contributed by atoms with E-state index in [1.165, 1.54) is 0 Å². The third-order valence-electron chi connectivity index (χ3n) is 0.466. The summed E-state index contributed by atoms with van der Waals surface area (Å²) >= 11 is 0. The van der Waals surface area contributed by atoms with Gasteiger partial charge in [0.2, 0.25) is 7.98 Å². The van der Waals surface area contributed by atoms with Crippen LogP contribution in [0.4, 0.5) is 0 Å². The third-order valence-corrected chi connectivity index (χ3v) is 1.13. The molecule has 5 nitrogen and oxygen atoms in total. The van der Waals surface area contributed by atoms with Crippen LogP contribution in [0.15, 0.2) is 4.76 Å². The molecule has 8 heteroatoms. The molecule has 0 fully saturated rings. The quantitative estimate of drug-likeness (QED) is 0.269. The fourth-order valence-electron chi connectivity index (χ4n) is 0.129. The molecular weight excluding hydrogens is 159 g/mol. The van der Waals surface area contributed by atoms with Crippen LogP contribution in [0.5, 0.6) is 0 Å². The molecule has 0 atom stereocenters. The van der Waals surface area contributed by atoms with Crippen LogP contribution in [0.1, 0.15) is 0 Å². The summed E-state index contributed by atoms with van der Waals surface area (Å²) < 4.78 is 23.2. The topological polar surface area (TPSA) is 75.8 Å². The Balaban J connectivity index is 3.99. The summed E-state index contributed by atoms with van der Waals surface area (Å²) in [4.78, 5) is 0. The molecule has 0 aromatic heterocycles. The fraction of sp³-hybridized carbons (Fsp3) is 0. The summed E-state index contributed by atoms with van der Waals surface area (Å²) in [5.41, 5.74) is 4.98. The summed E-state index contributed by atoms with van der Waals surface area (Å²) in [5, 5.41) is 0. The highest BCUT2D eigenvalue weighted by molar-refractivity contribution is 7.25. The zero-order valence-electron chi connectivity index (χ0n) is 4.26. The molecule has 2 radical (unpaired) electrons. The number of nitrogens with zero attached hydrogens (tertiary/aromatic N) is 2. The van der Waals surface area contributed by atoms with Crippen LogP contribution >= 0.6 is 17.2 Å². The molecule has 0 aromatic carbocycles. The van der Waals surface area contributed by atoms with Gasteiger partial charge in [-0.3, -0.25) is 0 Å².